The van der Waals surface area contributed by atoms with Crippen LogP contribution >= 0.6 is 12.6 Å². The molecule has 1 atom stereocenters. The lowest BCUT2D eigenvalue weighted by Gasteiger charge is -2.35. The predicted octanol–water partition coefficient (Wildman–Crippen LogP) is 1.43. The molecule has 1 aliphatic carbocycles. The van der Waals surface area contributed by atoms with Crippen LogP contribution in [0.1, 0.15) is 25.7 Å². The van der Waals surface area contributed by atoms with Crippen LogP contribution in [0.5, 0.6) is 0 Å². The number of hydrogen-bond acceptors (Lipinski definition) is 3. The summed E-state index contributed by atoms with van der Waals surface area (Å²) in [4.78, 5) is 13.3. The normalized spacial score (nSPS) is 26.9. The Kier molecular flexibility index (Phi) is 3.05. The number of amides is 1. The predicted molar refractivity (Wildman–Crippen MR) is 63.3 cm³/mol. The molecular formula is C11H16N2OS. The third kappa shape index (κ3) is 2.04. The van der Waals surface area contributed by atoms with Crippen LogP contribution in [0.3, 0.4) is 0 Å². The van der Waals surface area contributed by atoms with E-state index in [1.165, 1.54) is 25.7 Å². The number of nitrogens with zero attached hydrogens (tertiary/aromatic N) is 1. The number of allylic oxidation sites excluding steroid dienone is 2. The van der Waals surface area contributed by atoms with E-state index in [0.29, 0.717) is 11.6 Å². The van der Waals surface area contributed by atoms with Gasteiger partial charge < -0.3 is 10.6 Å². The standard InChI is InChI=1S/C11H16N2OS/c12-10(14)9-6-3-7-13(11(9)15)8-4-1-2-5-8/h3,6-8,11,15H,1-2,4-5H2,(H2,12,14). The Morgan fingerprint density at radius 3 is 2.73 bits per heavy atom. The molecule has 2 aliphatic rings. The fourth-order valence-electron chi connectivity index (χ4n) is 2.31. The molecule has 0 radical (unpaired) electrons. The molecule has 2 rings (SSSR count). The fourth-order valence-corrected chi connectivity index (χ4v) is 2.79. The van der Waals surface area contributed by atoms with E-state index in [1.807, 2.05) is 12.3 Å². The van der Waals surface area contributed by atoms with E-state index in [-0.39, 0.29) is 11.3 Å². The molecular weight excluding hydrogens is 208 g/mol. The van der Waals surface area contributed by atoms with Crippen molar-refractivity contribution < 1.29 is 4.79 Å². The van der Waals surface area contributed by atoms with Gasteiger partial charge in [0.2, 0.25) is 5.91 Å². The molecule has 1 aliphatic heterocycles. The number of carbonyl (C=O) groups is 1. The highest BCUT2D eigenvalue weighted by Crippen LogP contribution is 2.30. The number of primary amides is 1. The highest BCUT2D eigenvalue weighted by atomic mass is 32.1. The van der Waals surface area contributed by atoms with Crippen molar-refractivity contribution in [2.75, 3.05) is 0 Å². The quantitative estimate of drug-likeness (QED) is 0.697. The average Bonchev–Trinajstić information content (AvgIpc) is 2.70. The Hall–Kier alpha value is -0.900. The average molecular weight is 224 g/mol. The van der Waals surface area contributed by atoms with Gasteiger partial charge in [-0.05, 0) is 25.0 Å². The zero-order valence-corrected chi connectivity index (χ0v) is 9.49. The molecule has 1 unspecified atom stereocenters. The van der Waals surface area contributed by atoms with Crippen molar-refractivity contribution in [2.45, 2.75) is 37.1 Å². The molecule has 4 heteroatoms. The van der Waals surface area contributed by atoms with Crippen molar-refractivity contribution in [1.29, 1.82) is 0 Å². The van der Waals surface area contributed by atoms with Crippen LogP contribution in [0.2, 0.25) is 0 Å². The fraction of sp³-hybridized carbons (Fsp3) is 0.545. The maximum atomic E-state index is 11.2. The van der Waals surface area contributed by atoms with Gasteiger partial charge in [-0.25, -0.2) is 0 Å². The lowest BCUT2D eigenvalue weighted by molar-refractivity contribution is -0.114. The van der Waals surface area contributed by atoms with E-state index in [4.69, 9.17) is 5.73 Å². The van der Waals surface area contributed by atoms with E-state index >= 15 is 0 Å². The molecule has 0 aromatic heterocycles. The van der Waals surface area contributed by atoms with Crippen molar-refractivity contribution >= 4 is 18.5 Å². The maximum absolute atomic E-state index is 11.2. The first-order valence-electron chi connectivity index (χ1n) is 5.34. The summed E-state index contributed by atoms with van der Waals surface area (Å²) in [6.07, 6.45) is 10.6. The Labute approximate surface area is 95.4 Å². The van der Waals surface area contributed by atoms with Crippen LogP contribution in [-0.4, -0.2) is 22.2 Å². The third-order valence-corrected chi connectivity index (χ3v) is 3.67. The molecule has 82 valence electrons. The number of carbonyl (C=O) groups excluding carboxylic acids is 1. The van der Waals surface area contributed by atoms with Crippen LogP contribution in [0.15, 0.2) is 23.9 Å². The first kappa shape index (κ1) is 10.6. The van der Waals surface area contributed by atoms with Gasteiger partial charge in [-0.3, -0.25) is 4.79 Å². The van der Waals surface area contributed by atoms with Gasteiger partial charge in [0.05, 0.1) is 0 Å². The van der Waals surface area contributed by atoms with Gasteiger partial charge in [0, 0.05) is 17.8 Å². The Balaban J connectivity index is 2.13. The highest BCUT2D eigenvalue weighted by Gasteiger charge is 2.29. The molecule has 0 aromatic rings. The van der Waals surface area contributed by atoms with Gasteiger partial charge in [-0.1, -0.05) is 12.8 Å². The van der Waals surface area contributed by atoms with E-state index in [2.05, 4.69) is 17.5 Å². The number of hydrogen-bond donors (Lipinski definition) is 2. The molecule has 2 N–H and O–H groups in total. The van der Waals surface area contributed by atoms with Crippen molar-refractivity contribution in [3.8, 4) is 0 Å². The molecule has 0 spiro atoms. The molecule has 1 saturated carbocycles. The van der Waals surface area contributed by atoms with Gasteiger partial charge in [0.15, 0.2) is 0 Å². The Morgan fingerprint density at radius 1 is 1.47 bits per heavy atom. The summed E-state index contributed by atoms with van der Waals surface area (Å²) in [7, 11) is 0. The summed E-state index contributed by atoms with van der Waals surface area (Å²) in [5.74, 6) is -0.373. The van der Waals surface area contributed by atoms with E-state index < -0.39 is 0 Å². The van der Waals surface area contributed by atoms with Gasteiger partial charge in [-0.15, -0.1) is 12.6 Å². The molecule has 15 heavy (non-hydrogen) atoms. The van der Waals surface area contributed by atoms with Crippen molar-refractivity contribution in [3.63, 3.8) is 0 Å². The summed E-state index contributed by atoms with van der Waals surface area (Å²) in [6, 6.07) is 0.520. The number of rotatable bonds is 2. The second kappa shape index (κ2) is 4.31. The largest absolute Gasteiger partial charge is 0.366 e. The lowest BCUT2D eigenvalue weighted by atomic mass is 10.1. The SMILES string of the molecule is NC(=O)C1=CC=CN(C2CCCC2)C1S. The van der Waals surface area contributed by atoms with Gasteiger partial charge >= 0.3 is 0 Å². The van der Waals surface area contributed by atoms with Crippen LogP contribution < -0.4 is 5.73 Å². The van der Waals surface area contributed by atoms with Crippen LogP contribution in [0.4, 0.5) is 0 Å². The summed E-state index contributed by atoms with van der Waals surface area (Å²) in [6.45, 7) is 0. The minimum Gasteiger partial charge on any atom is -0.366 e. The molecule has 1 amide bonds. The topological polar surface area (TPSA) is 46.3 Å². The minimum atomic E-state index is -0.373. The van der Waals surface area contributed by atoms with Gasteiger partial charge in [0.25, 0.3) is 0 Å². The van der Waals surface area contributed by atoms with Gasteiger partial charge in [-0.2, -0.15) is 0 Å². The second-order valence-electron chi connectivity index (χ2n) is 4.09. The summed E-state index contributed by atoms with van der Waals surface area (Å²) in [5, 5.41) is -0.171. The molecule has 0 aromatic carbocycles. The van der Waals surface area contributed by atoms with Crippen LogP contribution in [0, 0.1) is 0 Å². The Bertz CT molecular complexity index is 319. The molecule has 0 bridgehead atoms. The maximum Gasteiger partial charge on any atom is 0.247 e. The van der Waals surface area contributed by atoms with Crippen molar-refractivity contribution in [2.24, 2.45) is 5.73 Å². The van der Waals surface area contributed by atoms with Crippen molar-refractivity contribution in [1.82, 2.24) is 4.90 Å². The van der Waals surface area contributed by atoms with Gasteiger partial charge in [0.1, 0.15) is 5.37 Å². The zero-order chi connectivity index (χ0) is 10.8. The number of thiol groups is 1. The lowest BCUT2D eigenvalue weighted by Crippen LogP contribution is -2.40. The van der Waals surface area contributed by atoms with E-state index in [9.17, 15) is 4.79 Å². The Morgan fingerprint density at radius 2 is 2.13 bits per heavy atom. The molecule has 1 fully saturated rings. The molecule has 0 saturated heterocycles. The summed E-state index contributed by atoms with van der Waals surface area (Å²) in [5.41, 5.74) is 5.89. The molecule has 1 heterocycles. The van der Waals surface area contributed by atoms with Crippen LogP contribution in [0.25, 0.3) is 0 Å². The summed E-state index contributed by atoms with van der Waals surface area (Å²) >= 11 is 4.47. The second-order valence-corrected chi connectivity index (χ2v) is 4.58. The number of nitrogens with two attached hydrogens (primary N) is 1. The van der Waals surface area contributed by atoms with Crippen LogP contribution in [-0.2, 0) is 4.79 Å². The highest BCUT2D eigenvalue weighted by molar-refractivity contribution is 7.81. The van der Waals surface area contributed by atoms with E-state index in [1.54, 1.807) is 6.08 Å². The van der Waals surface area contributed by atoms with Crippen molar-refractivity contribution in [3.05, 3.63) is 23.9 Å². The third-order valence-electron chi connectivity index (χ3n) is 3.13. The first-order chi connectivity index (χ1) is 7.20. The van der Waals surface area contributed by atoms with E-state index in [0.717, 1.165) is 0 Å². The first-order valence-corrected chi connectivity index (χ1v) is 5.85. The smallest absolute Gasteiger partial charge is 0.247 e. The minimum absolute atomic E-state index is 0.171. The zero-order valence-electron chi connectivity index (χ0n) is 8.60. The summed E-state index contributed by atoms with van der Waals surface area (Å²) < 4.78 is 0. The molecule has 3 nitrogen and oxygen atoms in total. The monoisotopic (exact) mass is 224 g/mol.